The highest BCUT2D eigenvalue weighted by Gasteiger charge is 2.30. The average molecular weight is 254 g/mol. The molecule has 2 aliphatic rings. The lowest BCUT2D eigenvalue weighted by atomic mass is 10.0. The summed E-state index contributed by atoms with van der Waals surface area (Å²) in [4.78, 5) is 16.8. The SMILES string of the molecule is CCOC(C)C(=O)N1CCCC(N2CCCC2)C1. The van der Waals surface area contributed by atoms with E-state index in [2.05, 4.69) is 4.90 Å². The Morgan fingerprint density at radius 1 is 1.28 bits per heavy atom. The number of carbonyl (C=O) groups is 1. The summed E-state index contributed by atoms with van der Waals surface area (Å²) in [6.07, 6.45) is 4.73. The number of rotatable bonds is 4. The van der Waals surface area contributed by atoms with E-state index in [1.807, 2.05) is 18.7 Å². The topological polar surface area (TPSA) is 32.8 Å². The van der Waals surface area contributed by atoms with Crippen LogP contribution in [0.2, 0.25) is 0 Å². The number of amides is 1. The molecule has 0 aromatic rings. The first-order valence-corrected chi connectivity index (χ1v) is 7.36. The Labute approximate surface area is 110 Å². The molecule has 2 aliphatic heterocycles. The molecule has 4 nitrogen and oxygen atoms in total. The molecule has 1 amide bonds. The lowest BCUT2D eigenvalue weighted by Gasteiger charge is -2.38. The zero-order chi connectivity index (χ0) is 13.0. The number of nitrogens with zero attached hydrogens (tertiary/aromatic N) is 2. The number of ether oxygens (including phenoxy) is 1. The van der Waals surface area contributed by atoms with Crippen molar-refractivity contribution in [1.29, 1.82) is 0 Å². The summed E-state index contributed by atoms with van der Waals surface area (Å²) < 4.78 is 5.41. The molecular weight excluding hydrogens is 228 g/mol. The Kier molecular flexibility index (Phi) is 5.01. The Morgan fingerprint density at radius 3 is 2.67 bits per heavy atom. The fraction of sp³-hybridized carbons (Fsp3) is 0.929. The minimum atomic E-state index is -0.285. The van der Waals surface area contributed by atoms with Crippen molar-refractivity contribution in [2.75, 3.05) is 32.8 Å². The first kappa shape index (κ1) is 13.8. The van der Waals surface area contributed by atoms with Crippen molar-refractivity contribution >= 4 is 5.91 Å². The van der Waals surface area contributed by atoms with Gasteiger partial charge in [0.15, 0.2) is 0 Å². The van der Waals surface area contributed by atoms with Gasteiger partial charge in [-0.2, -0.15) is 0 Å². The molecule has 0 aliphatic carbocycles. The van der Waals surface area contributed by atoms with Crippen LogP contribution in [0.25, 0.3) is 0 Å². The molecule has 2 rings (SSSR count). The molecule has 2 saturated heterocycles. The van der Waals surface area contributed by atoms with Crippen LogP contribution >= 0.6 is 0 Å². The Hall–Kier alpha value is -0.610. The molecule has 4 heteroatoms. The molecule has 2 atom stereocenters. The van der Waals surface area contributed by atoms with Crippen LogP contribution in [0.1, 0.15) is 39.5 Å². The maximum absolute atomic E-state index is 12.2. The lowest BCUT2D eigenvalue weighted by molar-refractivity contribution is -0.144. The Balaban J connectivity index is 1.87. The van der Waals surface area contributed by atoms with E-state index in [1.165, 1.54) is 32.4 Å². The van der Waals surface area contributed by atoms with Crippen LogP contribution < -0.4 is 0 Å². The van der Waals surface area contributed by atoms with Crippen molar-refractivity contribution in [1.82, 2.24) is 9.80 Å². The molecule has 2 heterocycles. The number of hydrogen-bond donors (Lipinski definition) is 0. The van der Waals surface area contributed by atoms with Crippen molar-refractivity contribution in [3.63, 3.8) is 0 Å². The van der Waals surface area contributed by atoms with E-state index in [1.54, 1.807) is 0 Å². The van der Waals surface area contributed by atoms with Gasteiger partial charge < -0.3 is 9.64 Å². The average Bonchev–Trinajstić information content (AvgIpc) is 2.92. The molecule has 0 aromatic heterocycles. The molecule has 0 saturated carbocycles. The molecule has 0 bridgehead atoms. The van der Waals surface area contributed by atoms with Gasteiger partial charge in [-0.1, -0.05) is 0 Å². The van der Waals surface area contributed by atoms with E-state index in [-0.39, 0.29) is 12.0 Å². The molecule has 2 unspecified atom stereocenters. The van der Waals surface area contributed by atoms with Gasteiger partial charge in [0, 0.05) is 25.7 Å². The van der Waals surface area contributed by atoms with Gasteiger partial charge in [0.1, 0.15) is 6.10 Å². The van der Waals surface area contributed by atoms with Crippen LogP contribution in [0, 0.1) is 0 Å². The third-order valence-electron chi connectivity index (χ3n) is 4.13. The predicted molar refractivity (Wildman–Crippen MR) is 71.5 cm³/mol. The summed E-state index contributed by atoms with van der Waals surface area (Å²) in [6.45, 7) is 8.65. The van der Waals surface area contributed by atoms with Crippen molar-refractivity contribution in [3.8, 4) is 0 Å². The standard InChI is InChI=1S/C14H26N2O2/c1-3-18-12(2)14(17)16-10-6-7-13(11-16)15-8-4-5-9-15/h12-13H,3-11H2,1-2H3. The molecule has 0 spiro atoms. The van der Waals surface area contributed by atoms with Gasteiger partial charge in [-0.25, -0.2) is 0 Å². The summed E-state index contributed by atoms with van der Waals surface area (Å²) in [6, 6.07) is 0.582. The maximum Gasteiger partial charge on any atom is 0.251 e. The minimum absolute atomic E-state index is 0.167. The van der Waals surface area contributed by atoms with E-state index >= 15 is 0 Å². The van der Waals surface area contributed by atoms with Crippen molar-refractivity contribution in [2.45, 2.75) is 51.7 Å². The summed E-state index contributed by atoms with van der Waals surface area (Å²) in [7, 11) is 0. The van der Waals surface area contributed by atoms with E-state index in [4.69, 9.17) is 4.74 Å². The second-order valence-electron chi connectivity index (χ2n) is 5.42. The van der Waals surface area contributed by atoms with Gasteiger partial charge in [-0.05, 0) is 52.6 Å². The van der Waals surface area contributed by atoms with E-state index in [0.717, 1.165) is 19.5 Å². The third-order valence-corrected chi connectivity index (χ3v) is 4.13. The normalized spacial score (nSPS) is 27.4. The van der Waals surface area contributed by atoms with Crippen LogP contribution in [0.4, 0.5) is 0 Å². The highest BCUT2D eigenvalue weighted by molar-refractivity contribution is 5.80. The van der Waals surface area contributed by atoms with E-state index in [9.17, 15) is 4.79 Å². The maximum atomic E-state index is 12.2. The van der Waals surface area contributed by atoms with Crippen molar-refractivity contribution in [3.05, 3.63) is 0 Å². The zero-order valence-electron chi connectivity index (χ0n) is 11.7. The first-order chi connectivity index (χ1) is 8.72. The summed E-state index contributed by atoms with van der Waals surface area (Å²) >= 11 is 0. The molecule has 104 valence electrons. The molecular formula is C14H26N2O2. The fourth-order valence-electron chi connectivity index (χ4n) is 3.14. The molecule has 18 heavy (non-hydrogen) atoms. The number of hydrogen-bond acceptors (Lipinski definition) is 3. The predicted octanol–water partition coefficient (Wildman–Crippen LogP) is 1.50. The second kappa shape index (κ2) is 6.53. The fourth-order valence-corrected chi connectivity index (χ4v) is 3.14. The monoisotopic (exact) mass is 254 g/mol. The quantitative estimate of drug-likeness (QED) is 0.762. The van der Waals surface area contributed by atoms with Gasteiger partial charge >= 0.3 is 0 Å². The lowest BCUT2D eigenvalue weighted by Crippen LogP contribution is -2.51. The van der Waals surface area contributed by atoms with Gasteiger partial charge in [0.2, 0.25) is 0 Å². The van der Waals surface area contributed by atoms with Crippen LogP contribution in [0.3, 0.4) is 0 Å². The van der Waals surface area contributed by atoms with Gasteiger partial charge in [0.05, 0.1) is 0 Å². The summed E-state index contributed by atoms with van der Waals surface area (Å²) in [5.74, 6) is 0.167. The highest BCUT2D eigenvalue weighted by Crippen LogP contribution is 2.21. The minimum Gasteiger partial charge on any atom is -0.369 e. The Morgan fingerprint density at radius 2 is 2.00 bits per heavy atom. The van der Waals surface area contributed by atoms with Crippen molar-refractivity contribution < 1.29 is 9.53 Å². The smallest absolute Gasteiger partial charge is 0.251 e. The van der Waals surface area contributed by atoms with Crippen LogP contribution in [0.15, 0.2) is 0 Å². The zero-order valence-corrected chi connectivity index (χ0v) is 11.7. The number of carbonyl (C=O) groups excluding carboxylic acids is 1. The first-order valence-electron chi connectivity index (χ1n) is 7.36. The van der Waals surface area contributed by atoms with Crippen molar-refractivity contribution in [2.24, 2.45) is 0 Å². The van der Waals surface area contributed by atoms with Gasteiger partial charge in [-0.15, -0.1) is 0 Å². The van der Waals surface area contributed by atoms with E-state index in [0.29, 0.717) is 12.6 Å². The summed E-state index contributed by atoms with van der Waals surface area (Å²) in [5, 5.41) is 0. The number of piperidine rings is 1. The van der Waals surface area contributed by atoms with Gasteiger partial charge in [0.25, 0.3) is 5.91 Å². The second-order valence-corrected chi connectivity index (χ2v) is 5.42. The van der Waals surface area contributed by atoms with Gasteiger partial charge in [-0.3, -0.25) is 9.69 Å². The Bertz CT molecular complexity index is 277. The third kappa shape index (κ3) is 3.23. The number of likely N-dealkylation sites (tertiary alicyclic amines) is 2. The molecule has 0 N–H and O–H groups in total. The van der Waals surface area contributed by atoms with E-state index < -0.39 is 0 Å². The molecule has 0 aromatic carbocycles. The molecule has 2 fully saturated rings. The highest BCUT2D eigenvalue weighted by atomic mass is 16.5. The van der Waals surface area contributed by atoms with Crippen LogP contribution in [0.5, 0.6) is 0 Å². The summed E-state index contributed by atoms with van der Waals surface area (Å²) in [5.41, 5.74) is 0. The molecule has 0 radical (unpaired) electrons. The largest absolute Gasteiger partial charge is 0.369 e. The van der Waals surface area contributed by atoms with Crippen LogP contribution in [-0.2, 0) is 9.53 Å². The van der Waals surface area contributed by atoms with Crippen LogP contribution in [-0.4, -0.2) is 60.6 Å².